The second-order valence-corrected chi connectivity index (χ2v) is 6.05. The smallest absolute Gasteiger partial charge is 0.260 e. The molecule has 0 radical (unpaired) electrons. The summed E-state index contributed by atoms with van der Waals surface area (Å²) in [7, 11) is 0. The molecule has 0 bridgehead atoms. The van der Waals surface area contributed by atoms with Crippen LogP contribution in [0.4, 0.5) is 10.1 Å². The van der Waals surface area contributed by atoms with E-state index in [-0.39, 0.29) is 11.7 Å². The molecule has 2 aromatic carbocycles. The molecular formula is C14H8Br2FN3O. The van der Waals surface area contributed by atoms with Crippen LogP contribution >= 0.6 is 31.9 Å². The molecule has 0 aliphatic rings. The van der Waals surface area contributed by atoms with E-state index >= 15 is 0 Å². The van der Waals surface area contributed by atoms with E-state index in [9.17, 15) is 4.39 Å². The molecule has 2 N–H and O–H groups in total. The Labute approximate surface area is 136 Å². The quantitative estimate of drug-likeness (QED) is 0.622. The standard InChI is InChI=1S/C14H8Br2FN3O/c15-7-1-3-9(12(18)5-7)14-19-13(20-21-14)10-6-8(17)2-4-11(10)16/h1-6H,18H2. The van der Waals surface area contributed by atoms with Gasteiger partial charge in [0.05, 0.1) is 5.56 Å². The van der Waals surface area contributed by atoms with Crippen LogP contribution in [0.1, 0.15) is 0 Å². The number of rotatable bonds is 2. The monoisotopic (exact) mass is 411 g/mol. The first-order chi connectivity index (χ1) is 10.0. The van der Waals surface area contributed by atoms with Crippen molar-refractivity contribution in [2.75, 3.05) is 5.73 Å². The summed E-state index contributed by atoms with van der Waals surface area (Å²) in [5.74, 6) is 0.201. The van der Waals surface area contributed by atoms with Crippen molar-refractivity contribution in [3.63, 3.8) is 0 Å². The summed E-state index contributed by atoms with van der Waals surface area (Å²) in [5.41, 5.74) is 7.58. The first kappa shape index (κ1) is 14.2. The number of anilines is 1. The van der Waals surface area contributed by atoms with Gasteiger partial charge in [0, 0.05) is 20.2 Å². The normalized spacial score (nSPS) is 10.8. The van der Waals surface area contributed by atoms with Crippen molar-refractivity contribution in [3.8, 4) is 22.8 Å². The molecule has 21 heavy (non-hydrogen) atoms. The van der Waals surface area contributed by atoms with Gasteiger partial charge in [-0.05, 0) is 36.4 Å². The predicted molar refractivity (Wildman–Crippen MR) is 84.9 cm³/mol. The maximum absolute atomic E-state index is 13.3. The topological polar surface area (TPSA) is 64.9 Å². The second-order valence-electron chi connectivity index (χ2n) is 4.28. The zero-order valence-corrected chi connectivity index (χ0v) is 13.7. The number of hydrogen-bond donors (Lipinski definition) is 1. The molecule has 0 aliphatic heterocycles. The van der Waals surface area contributed by atoms with E-state index in [0.29, 0.717) is 27.1 Å². The Bertz CT molecular complexity index is 820. The summed E-state index contributed by atoms with van der Waals surface area (Å²) in [5, 5.41) is 3.88. The molecule has 0 amide bonds. The Hall–Kier alpha value is -1.73. The van der Waals surface area contributed by atoms with Gasteiger partial charge in [-0.25, -0.2) is 4.39 Å². The maximum atomic E-state index is 13.3. The largest absolute Gasteiger partial charge is 0.398 e. The van der Waals surface area contributed by atoms with Crippen LogP contribution in [0, 0.1) is 5.82 Å². The van der Waals surface area contributed by atoms with E-state index < -0.39 is 0 Å². The molecule has 0 saturated heterocycles. The Kier molecular flexibility index (Phi) is 3.77. The fourth-order valence-corrected chi connectivity index (χ4v) is 2.64. The van der Waals surface area contributed by atoms with Crippen molar-refractivity contribution >= 4 is 37.5 Å². The third kappa shape index (κ3) is 2.84. The van der Waals surface area contributed by atoms with Crippen LogP contribution in [0.15, 0.2) is 49.9 Å². The van der Waals surface area contributed by atoms with Crippen LogP contribution in [0.25, 0.3) is 22.8 Å². The molecular weight excluding hydrogens is 405 g/mol. The molecule has 4 nitrogen and oxygen atoms in total. The van der Waals surface area contributed by atoms with E-state index in [0.717, 1.165) is 4.47 Å². The minimum Gasteiger partial charge on any atom is -0.398 e. The summed E-state index contributed by atoms with van der Waals surface area (Å²) in [6, 6.07) is 9.63. The maximum Gasteiger partial charge on any atom is 0.260 e. The van der Waals surface area contributed by atoms with E-state index in [2.05, 4.69) is 42.0 Å². The van der Waals surface area contributed by atoms with E-state index in [4.69, 9.17) is 10.3 Å². The van der Waals surface area contributed by atoms with Gasteiger partial charge in [0.15, 0.2) is 0 Å². The molecule has 0 fully saturated rings. The van der Waals surface area contributed by atoms with E-state index in [1.807, 2.05) is 6.07 Å². The van der Waals surface area contributed by atoms with Crippen LogP contribution in [0.3, 0.4) is 0 Å². The highest BCUT2D eigenvalue weighted by Gasteiger charge is 2.15. The van der Waals surface area contributed by atoms with Crippen LogP contribution in [0.5, 0.6) is 0 Å². The summed E-state index contributed by atoms with van der Waals surface area (Å²) in [6.45, 7) is 0. The summed E-state index contributed by atoms with van der Waals surface area (Å²) >= 11 is 6.67. The van der Waals surface area contributed by atoms with Gasteiger partial charge in [0.25, 0.3) is 5.89 Å². The van der Waals surface area contributed by atoms with Gasteiger partial charge >= 0.3 is 0 Å². The number of nitrogens with zero attached hydrogens (tertiary/aromatic N) is 2. The van der Waals surface area contributed by atoms with Gasteiger partial charge in [-0.2, -0.15) is 4.98 Å². The minimum absolute atomic E-state index is 0.283. The lowest BCUT2D eigenvalue weighted by molar-refractivity contribution is 0.432. The number of nitrogen functional groups attached to an aromatic ring is 1. The fourth-order valence-electron chi connectivity index (χ4n) is 1.84. The molecule has 106 valence electrons. The number of benzene rings is 2. The fraction of sp³-hybridized carbons (Fsp3) is 0. The summed E-state index contributed by atoms with van der Waals surface area (Å²) in [6.07, 6.45) is 0. The van der Waals surface area contributed by atoms with E-state index in [1.165, 1.54) is 12.1 Å². The molecule has 0 atom stereocenters. The lowest BCUT2D eigenvalue weighted by Gasteiger charge is -2.00. The van der Waals surface area contributed by atoms with Gasteiger partial charge < -0.3 is 10.3 Å². The molecule has 3 aromatic rings. The Balaban J connectivity index is 2.06. The van der Waals surface area contributed by atoms with Gasteiger partial charge in [0.1, 0.15) is 5.82 Å². The SMILES string of the molecule is Nc1cc(Br)ccc1-c1nc(-c2cc(F)ccc2Br)no1. The average Bonchev–Trinajstić information content (AvgIpc) is 2.91. The van der Waals surface area contributed by atoms with Gasteiger partial charge in [-0.3, -0.25) is 0 Å². The van der Waals surface area contributed by atoms with Gasteiger partial charge in [-0.15, -0.1) is 0 Å². The first-order valence-electron chi connectivity index (χ1n) is 5.89. The Morgan fingerprint density at radius 2 is 1.86 bits per heavy atom. The Morgan fingerprint density at radius 1 is 1.05 bits per heavy atom. The number of halogens is 3. The lowest BCUT2D eigenvalue weighted by atomic mass is 10.2. The molecule has 0 saturated carbocycles. The zero-order valence-electron chi connectivity index (χ0n) is 10.5. The van der Waals surface area contributed by atoms with Crippen LogP contribution in [-0.2, 0) is 0 Å². The predicted octanol–water partition coefficient (Wildman–Crippen LogP) is 4.65. The molecule has 1 heterocycles. The van der Waals surface area contributed by atoms with Crippen LogP contribution in [0.2, 0.25) is 0 Å². The van der Waals surface area contributed by atoms with E-state index in [1.54, 1.807) is 18.2 Å². The third-order valence-corrected chi connectivity index (χ3v) is 4.02. The summed E-state index contributed by atoms with van der Waals surface area (Å²) < 4.78 is 20.1. The molecule has 7 heteroatoms. The zero-order chi connectivity index (χ0) is 15.0. The molecule has 3 rings (SSSR count). The Morgan fingerprint density at radius 3 is 2.62 bits per heavy atom. The minimum atomic E-state index is -0.372. The van der Waals surface area contributed by atoms with Crippen molar-refractivity contribution < 1.29 is 8.91 Å². The third-order valence-electron chi connectivity index (χ3n) is 2.84. The molecule has 0 unspecified atom stereocenters. The highest BCUT2D eigenvalue weighted by Crippen LogP contribution is 2.31. The average molecular weight is 413 g/mol. The van der Waals surface area contributed by atoms with Crippen LogP contribution in [-0.4, -0.2) is 10.1 Å². The number of nitrogens with two attached hydrogens (primary N) is 1. The molecule has 1 aromatic heterocycles. The lowest BCUT2D eigenvalue weighted by Crippen LogP contribution is -1.90. The number of aromatic nitrogens is 2. The van der Waals surface area contributed by atoms with Crippen molar-refractivity contribution in [2.45, 2.75) is 0 Å². The highest BCUT2D eigenvalue weighted by molar-refractivity contribution is 9.10. The second kappa shape index (κ2) is 5.57. The van der Waals surface area contributed by atoms with Crippen molar-refractivity contribution in [2.24, 2.45) is 0 Å². The van der Waals surface area contributed by atoms with Crippen molar-refractivity contribution in [3.05, 3.63) is 51.2 Å². The number of hydrogen-bond acceptors (Lipinski definition) is 4. The van der Waals surface area contributed by atoms with Crippen molar-refractivity contribution in [1.82, 2.24) is 10.1 Å². The molecule has 0 aliphatic carbocycles. The van der Waals surface area contributed by atoms with Crippen LogP contribution < -0.4 is 5.73 Å². The van der Waals surface area contributed by atoms with Gasteiger partial charge in [-0.1, -0.05) is 37.0 Å². The van der Waals surface area contributed by atoms with Gasteiger partial charge in [0.2, 0.25) is 5.82 Å². The highest BCUT2D eigenvalue weighted by atomic mass is 79.9. The summed E-state index contributed by atoms with van der Waals surface area (Å²) in [4.78, 5) is 4.27. The van der Waals surface area contributed by atoms with Crippen molar-refractivity contribution in [1.29, 1.82) is 0 Å². The molecule has 0 spiro atoms. The first-order valence-corrected chi connectivity index (χ1v) is 7.48.